The van der Waals surface area contributed by atoms with Crippen LogP contribution in [0.4, 0.5) is 5.95 Å². The van der Waals surface area contributed by atoms with Gasteiger partial charge in [-0.05, 0) is 36.8 Å². The molecule has 0 spiro atoms. The number of aryl methyl sites for hydroxylation is 1. The third kappa shape index (κ3) is 2.40. The van der Waals surface area contributed by atoms with Crippen molar-refractivity contribution in [3.05, 3.63) is 44.6 Å². The summed E-state index contributed by atoms with van der Waals surface area (Å²) in [5.74, 6) is 0.569. The molecule has 0 saturated carbocycles. The van der Waals surface area contributed by atoms with Crippen LogP contribution < -0.4 is 5.73 Å². The molecule has 0 saturated heterocycles. The zero-order chi connectivity index (χ0) is 13.4. The van der Waals surface area contributed by atoms with Crippen molar-refractivity contribution in [1.82, 2.24) is 9.55 Å². The summed E-state index contributed by atoms with van der Waals surface area (Å²) in [7, 11) is 0. The number of benzene rings is 1. The van der Waals surface area contributed by atoms with Crippen molar-refractivity contribution in [2.24, 2.45) is 0 Å². The largest absolute Gasteiger partial charge is 0.369 e. The van der Waals surface area contributed by atoms with Crippen molar-refractivity contribution in [1.29, 1.82) is 0 Å². The topological polar surface area (TPSA) is 43.8 Å². The average Bonchev–Trinajstić information content (AvgIpc) is 2.95. The molecule has 2 N–H and O–H groups in total. The molecule has 3 aromatic rings. The molecule has 0 amide bonds. The van der Waals surface area contributed by atoms with Crippen LogP contribution >= 0.6 is 27.3 Å². The normalized spacial score (nSPS) is 11.3. The lowest BCUT2D eigenvalue weighted by atomic mass is 10.3. The van der Waals surface area contributed by atoms with Crippen LogP contribution in [-0.4, -0.2) is 9.55 Å². The van der Waals surface area contributed by atoms with Gasteiger partial charge < -0.3 is 10.3 Å². The van der Waals surface area contributed by atoms with Crippen LogP contribution in [0.1, 0.15) is 16.7 Å². The SMILES string of the molecule is CCc1ccc(Cn2c(N)nc3cc(Br)ccc32)s1. The number of thiophene rings is 1. The Kier molecular flexibility index (Phi) is 3.33. The van der Waals surface area contributed by atoms with Crippen molar-refractivity contribution < 1.29 is 0 Å². The van der Waals surface area contributed by atoms with Crippen molar-refractivity contribution >= 4 is 44.2 Å². The molecule has 0 radical (unpaired) electrons. The molecule has 0 bridgehead atoms. The van der Waals surface area contributed by atoms with Crippen LogP contribution in [0.5, 0.6) is 0 Å². The van der Waals surface area contributed by atoms with Crippen molar-refractivity contribution in [2.45, 2.75) is 19.9 Å². The van der Waals surface area contributed by atoms with Crippen LogP contribution in [0.15, 0.2) is 34.8 Å². The molecule has 0 atom stereocenters. The van der Waals surface area contributed by atoms with Gasteiger partial charge in [0.25, 0.3) is 0 Å². The van der Waals surface area contributed by atoms with Crippen LogP contribution in [0, 0.1) is 0 Å². The molecule has 0 aliphatic rings. The first-order valence-electron chi connectivity index (χ1n) is 6.16. The maximum absolute atomic E-state index is 6.03. The van der Waals surface area contributed by atoms with E-state index in [1.807, 2.05) is 23.5 Å². The number of nitrogen functional groups attached to an aromatic ring is 1. The quantitative estimate of drug-likeness (QED) is 0.784. The van der Waals surface area contributed by atoms with E-state index in [0.717, 1.165) is 28.5 Å². The number of nitrogens with two attached hydrogens (primary N) is 1. The minimum absolute atomic E-state index is 0.569. The molecule has 0 fully saturated rings. The number of nitrogens with zero attached hydrogens (tertiary/aromatic N) is 2. The van der Waals surface area contributed by atoms with E-state index in [-0.39, 0.29) is 0 Å². The Balaban J connectivity index is 2.02. The Morgan fingerprint density at radius 1 is 1.26 bits per heavy atom. The summed E-state index contributed by atoms with van der Waals surface area (Å²) >= 11 is 5.30. The van der Waals surface area contributed by atoms with Gasteiger partial charge >= 0.3 is 0 Å². The van der Waals surface area contributed by atoms with Gasteiger partial charge in [0.1, 0.15) is 0 Å². The molecule has 2 aromatic heterocycles. The average molecular weight is 336 g/mol. The molecular weight excluding hydrogens is 322 g/mol. The van der Waals surface area contributed by atoms with Crippen LogP contribution in [0.25, 0.3) is 11.0 Å². The third-order valence-electron chi connectivity index (χ3n) is 3.12. The van der Waals surface area contributed by atoms with E-state index in [1.54, 1.807) is 0 Å². The molecule has 2 heterocycles. The van der Waals surface area contributed by atoms with Gasteiger partial charge in [-0.1, -0.05) is 22.9 Å². The van der Waals surface area contributed by atoms with Crippen molar-refractivity contribution in [3.63, 3.8) is 0 Å². The van der Waals surface area contributed by atoms with Gasteiger partial charge in [-0.25, -0.2) is 4.98 Å². The summed E-state index contributed by atoms with van der Waals surface area (Å²) in [6, 6.07) is 10.4. The number of aromatic nitrogens is 2. The lowest BCUT2D eigenvalue weighted by Crippen LogP contribution is -2.03. The Morgan fingerprint density at radius 3 is 2.79 bits per heavy atom. The second kappa shape index (κ2) is 4.98. The monoisotopic (exact) mass is 335 g/mol. The first kappa shape index (κ1) is 12.7. The predicted molar refractivity (Wildman–Crippen MR) is 84.6 cm³/mol. The first-order chi connectivity index (χ1) is 9.17. The standard InChI is InChI=1S/C14H14BrN3S/c1-2-10-4-5-11(19-10)8-18-13-6-3-9(15)7-12(13)17-14(18)16/h3-7H,2,8H2,1H3,(H2,16,17). The van der Waals surface area contributed by atoms with Gasteiger partial charge in [0.05, 0.1) is 17.6 Å². The van der Waals surface area contributed by atoms with E-state index in [2.05, 4.69) is 50.6 Å². The van der Waals surface area contributed by atoms with Crippen molar-refractivity contribution in [3.8, 4) is 0 Å². The van der Waals surface area contributed by atoms with Gasteiger partial charge in [-0.2, -0.15) is 0 Å². The molecule has 3 rings (SSSR count). The Morgan fingerprint density at radius 2 is 2.05 bits per heavy atom. The minimum Gasteiger partial charge on any atom is -0.369 e. The molecule has 0 unspecified atom stereocenters. The van der Waals surface area contributed by atoms with E-state index in [1.165, 1.54) is 9.75 Å². The third-order valence-corrected chi connectivity index (χ3v) is 4.83. The Bertz CT molecular complexity index is 729. The lowest BCUT2D eigenvalue weighted by molar-refractivity contribution is 0.853. The summed E-state index contributed by atoms with van der Waals surface area (Å²) in [5.41, 5.74) is 8.04. The van der Waals surface area contributed by atoms with Gasteiger partial charge in [0.15, 0.2) is 0 Å². The smallest absolute Gasteiger partial charge is 0.201 e. The van der Waals surface area contributed by atoms with E-state index in [4.69, 9.17) is 5.73 Å². The summed E-state index contributed by atoms with van der Waals surface area (Å²) in [5, 5.41) is 0. The Hall–Kier alpha value is -1.33. The van der Waals surface area contributed by atoms with Crippen LogP contribution in [-0.2, 0) is 13.0 Å². The minimum atomic E-state index is 0.569. The van der Waals surface area contributed by atoms with Gasteiger partial charge in [-0.15, -0.1) is 11.3 Å². The van der Waals surface area contributed by atoms with E-state index in [0.29, 0.717) is 5.95 Å². The molecule has 0 aliphatic heterocycles. The Labute approximate surface area is 124 Å². The zero-order valence-corrected chi connectivity index (χ0v) is 13.0. The number of anilines is 1. The number of halogens is 1. The maximum atomic E-state index is 6.03. The maximum Gasteiger partial charge on any atom is 0.201 e. The van der Waals surface area contributed by atoms with Crippen LogP contribution in [0.2, 0.25) is 0 Å². The molecule has 98 valence electrons. The summed E-state index contributed by atoms with van der Waals surface area (Å²) in [4.78, 5) is 7.13. The summed E-state index contributed by atoms with van der Waals surface area (Å²) in [6.07, 6.45) is 1.08. The lowest BCUT2D eigenvalue weighted by Gasteiger charge is -2.04. The fourth-order valence-corrected chi connectivity index (χ4v) is 3.44. The highest BCUT2D eigenvalue weighted by atomic mass is 79.9. The van der Waals surface area contributed by atoms with Gasteiger partial charge in [0.2, 0.25) is 5.95 Å². The molecule has 0 aliphatic carbocycles. The number of hydrogen-bond acceptors (Lipinski definition) is 3. The van der Waals surface area contributed by atoms with Crippen molar-refractivity contribution in [2.75, 3.05) is 5.73 Å². The van der Waals surface area contributed by atoms with E-state index < -0.39 is 0 Å². The zero-order valence-electron chi connectivity index (χ0n) is 10.6. The van der Waals surface area contributed by atoms with E-state index >= 15 is 0 Å². The molecule has 5 heteroatoms. The predicted octanol–water partition coefficient (Wildman–Crippen LogP) is 4.05. The summed E-state index contributed by atoms with van der Waals surface area (Å²) in [6.45, 7) is 2.96. The second-order valence-electron chi connectivity index (χ2n) is 4.41. The molecule has 1 aromatic carbocycles. The first-order valence-corrected chi connectivity index (χ1v) is 7.77. The highest BCUT2D eigenvalue weighted by Gasteiger charge is 2.10. The second-order valence-corrected chi connectivity index (χ2v) is 6.58. The number of hydrogen-bond donors (Lipinski definition) is 1. The summed E-state index contributed by atoms with van der Waals surface area (Å²) < 4.78 is 3.08. The van der Waals surface area contributed by atoms with E-state index in [9.17, 15) is 0 Å². The van der Waals surface area contributed by atoms with Gasteiger partial charge in [0, 0.05) is 14.2 Å². The molecular formula is C14H14BrN3S. The number of imidazole rings is 1. The van der Waals surface area contributed by atoms with Gasteiger partial charge in [-0.3, -0.25) is 0 Å². The molecule has 3 nitrogen and oxygen atoms in total. The highest BCUT2D eigenvalue weighted by Crippen LogP contribution is 2.25. The fraction of sp³-hybridized carbons (Fsp3) is 0.214. The number of fused-ring (bicyclic) bond motifs is 1. The van der Waals surface area contributed by atoms with Crippen LogP contribution in [0.3, 0.4) is 0 Å². The number of rotatable bonds is 3. The fourth-order valence-electron chi connectivity index (χ4n) is 2.14. The molecule has 19 heavy (non-hydrogen) atoms. The highest BCUT2D eigenvalue weighted by molar-refractivity contribution is 9.10.